The molecule has 94 valence electrons. The number of ether oxygens (including phenoxy) is 2. The predicted molar refractivity (Wildman–Crippen MR) is 63.2 cm³/mol. The van der Waals surface area contributed by atoms with E-state index in [4.69, 9.17) is 15.2 Å². The summed E-state index contributed by atoms with van der Waals surface area (Å²) in [5.74, 6) is -0.313. The highest BCUT2D eigenvalue weighted by atomic mass is 16.7. The van der Waals surface area contributed by atoms with Gasteiger partial charge in [-0.3, -0.25) is 0 Å². The molecule has 16 heavy (non-hydrogen) atoms. The Kier molecular flexibility index (Phi) is 4.19. The topological polar surface area (TPSA) is 47.7 Å². The lowest BCUT2D eigenvalue weighted by atomic mass is 10.1. The second kappa shape index (κ2) is 5.45. The van der Waals surface area contributed by atoms with Crippen molar-refractivity contribution in [2.24, 2.45) is 5.73 Å². The first-order valence-electron chi connectivity index (χ1n) is 6.52. The van der Waals surface area contributed by atoms with Gasteiger partial charge in [-0.2, -0.15) is 0 Å². The number of nitrogens with zero attached hydrogens (tertiary/aromatic N) is 1. The molecular formula is C12H24N2O2. The van der Waals surface area contributed by atoms with Crippen LogP contribution in [0.1, 0.15) is 32.6 Å². The fourth-order valence-corrected chi connectivity index (χ4v) is 2.67. The molecule has 2 aliphatic rings. The van der Waals surface area contributed by atoms with E-state index >= 15 is 0 Å². The van der Waals surface area contributed by atoms with Crippen molar-refractivity contribution < 1.29 is 9.47 Å². The Bertz CT molecular complexity index is 225. The number of nitrogens with two attached hydrogens (primary N) is 1. The van der Waals surface area contributed by atoms with Crippen molar-refractivity contribution in [3.8, 4) is 0 Å². The SMILES string of the molecule is CCCN1CCCC2(CC1)OCC(CN)O2. The van der Waals surface area contributed by atoms with Crippen molar-refractivity contribution in [1.29, 1.82) is 0 Å². The summed E-state index contributed by atoms with van der Waals surface area (Å²) >= 11 is 0. The molecule has 2 N–H and O–H groups in total. The van der Waals surface area contributed by atoms with Crippen molar-refractivity contribution >= 4 is 0 Å². The Hall–Kier alpha value is -0.160. The second-order valence-corrected chi connectivity index (χ2v) is 4.89. The Labute approximate surface area is 98.1 Å². The quantitative estimate of drug-likeness (QED) is 0.781. The van der Waals surface area contributed by atoms with Crippen LogP contribution in [0.4, 0.5) is 0 Å². The molecule has 2 unspecified atom stereocenters. The second-order valence-electron chi connectivity index (χ2n) is 4.89. The minimum absolute atomic E-state index is 0.109. The average Bonchev–Trinajstić information content (AvgIpc) is 2.59. The van der Waals surface area contributed by atoms with Gasteiger partial charge in [0.1, 0.15) is 0 Å². The molecule has 4 nitrogen and oxygen atoms in total. The van der Waals surface area contributed by atoms with E-state index in [1.54, 1.807) is 0 Å². The van der Waals surface area contributed by atoms with Crippen LogP contribution in [0.15, 0.2) is 0 Å². The van der Waals surface area contributed by atoms with Gasteiger partial charge < -0.3 is 20.1 Å². The van der Waals surface area contributed by atoms with Gasteiger partial charge in [0, 0.05) is 25.9 Å². The molecule has 0 aliphatic carbocycles. The minimum atomic E-state index is -0.313. The van der Waals surface area contributed by atoms with E-state index < -0.39 is 0 Å². The zero-order chi connectivity index (χ0) is 11.4. The zero-order valence-electron chi connectivity index (χ0n) is 10.3. The van der Waals surface area contributed by atoms with Crippen LogP contribution in [0.3, 0.4) is 0 Å². The van der Waals surface area contributed by atoms with Gasteiger partial charge in [-0.15, -0.1) is 0 Å². The molecule has 2 fully saturated rings. The maximum absolute atomic E-state index is 5.97. The lowest BCUT2D eigenvalue weighted by molar-refractivity contribution is -0.174. The van der Waals surface area contributed by atoms with E-state index in [0.29, 0.717) is 13.2 Å². The first kappa shape index (κ1) is 12.3. The van der Waals surface area contributed by atoms with E-state index in [-0.39, 0.29) is 11.9 Å². The van der Waals surface area contributed by atoms with Gasteiger partial charge in [0.05, 0.1) is 12.7 Å². The van der Waals surface area contributed by atoms with E-state index in [1.165, 1.54) is 19.5 Å². The van der Waals surface area contributed by atoms with Crippen molar-refractivity contribution in [2.75, 3.05) is 32.8 Å². The summed E-state index contributed by atoms with van der Waals surface area (Å²) in [6, 6.07) is 0. The smallest absolute Gasteiger partial charge is 0.170 e. The van der Waals surface area contributed by atoms with Gasteiger partial charge >= 0.3 is 0 Å². The van der Waals surface area contributed by atoms with Gasteiger partial charge in [-0.05, 0) is 25.9 Å². The van der Waals surface area contributed by atoms with Gasteiger partial charge in [-0.25, -0.2) is 0 Å². The molecule has 0 bridgehead atoms. The summed E-state index contributed by atoms with van der Waals surface area (Å²) in [5, 5.41) is 0. The molecule has 1 spiro atoms. The van der Waals surface area contributed by atoms with Crippen molar-refractivity contribution in [1.82, 2.24) is 4.90 Å². The standard InChI is InChI=1S/C12H24N2O2/c1-2-6-14-7-3-4-12(5-8-14)15-10-11(9-13)16-12/h11H,2-10,13H2,1H3. The number of hydrogen-bond donors (Lipinski definition) is 1. The van der Waals surface area contributed by atoms with Gasteiger partial charge in [0.25, 0.3) is 0 Å². The maximum Gasteiger partial charge on any atom is 0.170 e. The summed E-state index contributed by atoms with van der Waals surface area (Å²) in [6.07, 6.45) is 4.50. The largest absolute Gasteiger partial charge is 0.347 e. The number of hydrogen-bond acceptors (Lipinski definition) is 4. The lowest BCUT2D eigenvalue weighted by Crippen LogP contribution is -2.34. The van der Waals surface area contributed by atoms with Crippen LogP contribution in [0, 0.1) is 0 Å². The van der Waals surface area contributed by atoms with E-state index in [1.807, 2.05) is 0 Å². The summed E-state index contributed by atoms with van der Waals surface area (Å²) in [4.78, 5) is 2.51. The molecule has 2 atom stereocenters. The molecule has 2 saturated heterocycles. The average molecular weight is 228 g/mol. The molecule has 0 aromatic carbocycles. The molecule has 0 amide bonds. The van der Waals surface area contributed by atoms with E-state index in [0.717, 1.165) is 25.8 Å². The maximum atomic E-state index is 5.97. The summed E-state index contributed by atoms with van der Waals surface area (Å²) in [7, 11) is 0. The normalized spacial score (nSPS) is 36.8. The Morgan fingerprint density at radius 1 is 1.38 bits per heavy atom. The highest BCUT2D eigenvalue weighted by Crippen LogP contribution is 2.33. The molecule has 2 rings (SSSR count). The molecule has 2 heterocycles. The van der Waals surface area contributed by atoms with Crippen LogP contribution in [0.25, 0.3) is 0 Å². The van der Waals surface area contributed by atoms with Crippen molar-refractivity contribution in [2.45, 2.75) is 44.5 Å². The fraction of sp³-hybridized carbons (Fsp3) is 1.00. The molecule has 0 saturated carbocycles. The third-order valence-corrected chi connectivity index (χ3v) is 3.56. The number of rotatable bonds is 3. The molecular weight excluding hydrogens is 204 g/mol. The monoisotopic (exact) mass is 228 g/mol. The predicted octanol–water partition coefficient (Wildman–Crippen LogP) is 0.953. The van der Waals surface area contributed by atoms with Gasteiger partial charge in [0.2, 0.25) is 0 Å². The van der Waals surface area contributed by atoms with Crippen molar-refractivity contribution in [3.05, 3.63) is 0 Å². The molecule has 2 aliphatic heterocycles. The zero-order valence-corrected chi connectivity index (χ0v) is 10.3. The molecule has 4 heteroatoms. The first-order valence-corrected chi connectivity index (χ1v) is 6.52. The van der Waals surface area contributed by atoms with Crippen LogP contribution in [-0.2, 0) is 9.47 Å². The van der Waals surface area contributed by atoms with Crippen LogP contribution in [0.2, 0.25) is 0 Å². The van der Waals surface area contributed by atoms with E-state index in [2.05, 4.69) is 11.8 Å². The molecule has 0 aromatic rings. The molecule has 0 radical (unpaired) electrons. The molecule has 0 aromatic heterocycles. The van der Waals surface area contributed by atoms with Gasteiger partial charge in [0.15, 0.2) is 5.79 Å². The van der Waals surface area contributed by atoms with E-state index in [9.17, 15) is 0 Å². The first-order chi connectivity index (χ1) is 7.78. The lowest BCUT2D eigenvalue weighted by Gasteiger charge is -2.26. The van der Waals surface area contributed by atoms with Crippen LogP contribution >= 0.6 is 0 Å². The minimum Gasteiger partial charge on any atom is -0.347 e. The van der Waals surface area contributed by atoms with Crippen LogP contribution < -0.4 is 5.73 Å². The Morgan fingerprint density at radius 3 is 2.94 bits per heavy atom. The third kappa shape index (κ3) is 2.74. The van der Waals surface area contributed by atoms with Crippen LogP contribution in [-0.4, -0.2) is 49.6 Å². The van der Waals surface area contributed by atoms with Crippen LogP contribution in [0.5, 0.6) is 0 Å². The van der Waals surface area contributed by atoms with Gasteiger partial charge in [-0.1, -0.05) is 6.92 Å². The highest BCUT2D eigenvalue weighted by Gasteiger charge is 2.41. The highest BCUT2D eigenvalue weighted by molar-refractivity contribution is 4.83. The Balaban J connectivity index is 1.88. The summed E-state index contributed by atoms with van der Waals surface area (Å²) in [5.41, 5.74) is 5.62. The van der Waals surface area contributed by atoms with Crippen molar-refractivity contribution in [3.63, 3.8) is 0 Å². The Morgan fingerprint density at radius 2 is 2.25 bits per heavy atom. The number of likely N-dealkylation sites (tertiary alicyclic amines) is 1. The fourth-order valence-electron chi connectivity index (χ4n) is 2.67. The summed E-state index contributed by atoms with van der Waals surface area (Å²) < 4.78 is 11.8. The third-order valence-electron chi connectivity index (χ3n) is 3.56. The summed E-state index contributed by atoms with van der Waals surface area (Å²) in [6.45, 7) is 6.93.